The molecule has 0 aromatic heterocycles. The van der Waals surface area contributed by atoms with Gasteiger partial charge in [0.25, 0.3) is 0 Å². The van der Waals surface area contributed by atoms with Crippen molar-refractivity contribution in [3.8, 4) is 0 Å². The van der Waals surface area contributed by atoms with Crippen LogP contribution >= 0.6 is 23.5 Å². The minimum absolute atomic E-state index is 0.720. The van der Waals surface area contributed by atoms with Crippen molar-refractivity contribution in [2.24, 2.45) is 0 Å². The van der Waals surface area contributed by atoms with Crippen LogP contribution in [0, 0.1) is 0 Å². The van der Waals surface area contributed by atoms with E-state index in [2.05, 4.69) is 4.74 Å². The molecule has 2 unspecified atom stereocenters. The van der Waals surface area contributed by atoms with E-state index in [4.69, 9.17) is 0 Å². The van der Waals surface area contributed by atoms with Gasteiger partial charge in [-0.2, -0.15) is 52.7 Å². The van der Waals surface area contributed by atoms with Gasteiger partial charge in [-0.15, -0.1) is 23.5 Å². The lowest BCUT2D eigenvalue weighted by atomic mass is 10.0. The monoisotopic (exact) mass is 434 g/mol. The fourth-order valence-corrected chi connectivity index (χ4v) is 4.72. The summed E-state index contributed by atoms with van der Waals surface area (Å²) in [5, 5.41) is 0. The number of ether oxygens (including phenoxy) is 1. The molecule has 15 heteroatoms. The maximum atomic E-state index is 12.6. The topological polar surface area (TPSA) is 9.23 Å². The summed E-state index contributed by atoms with van der Waals surface area (Å²) in [5.74, 6) is 0. The summed E-state index contributed by atoms with van der Waals surface area (Å²) in [6.07, 6.45) is -26.0. The molecule has 1 nitrogen and oxygen atoms in total. The fraction of sp³-hybridized carbons (Fsp3) is 1.00. The van der Waals surface area contributed by atoms with Crippen LogP contribution in [0.1, 0.15) is 12.8 Å². The molecule has 0 bridgehead atoms. The van der Waals surface area contributed by atoms with E-state index in [9.17, 15) is 52.7 Å². The van der Waals surface area contributed by atoms with Crippen LogP contribution in [0.5, 0.6) is 0 Å². The Labute approximate surface area is 139 Å². The second kappa shape index (κ2) is 5.66. The molecule has 0 spiro atoms. The largest absolute Gasteiger partial charge is 0.412 e. The zero-order chi connectivity index (χ0) is 19.7. The third kappa shape index (κ3) is 3.17. The van der Waals surface area contributed by atoms with Gasteiger partial charge in [0, 0.05) is 12.8 Å². The van der Waals surface area contributed by atoms with Crippen molar-refractivity contribution in [2.75, 3.05) is 0 Å². The molecule has 2 fully saturated rings. The summed E-state index contributed by atoms with van der Waals surface area (Å²) in [6.45, 7) is 0. The SMILES string of the molecule is FC(F)(F)C1(C(F)(F)F)CC(OC2CC(C(F)(F)F)(C(F)(F)F)S2)S1. The molecule has 0 saturated carbocycles. The summed E-state index contributed by atoms with van der Waals surface area (Å²) in [5.41, 5.74) is -3.61. The first kappa shape index (κ1) is 21.1. The van der Waals surface area contributed by atoms with Crippen molar-refractivity contribution >= 4 is 23.5 Å². The average Bonchev–Trinajstić information content (AvgIpc) is 2.15. The first-order chi connectivity index (χ1) is 10.9. The third-order valence-electron chi connectivity index (χ3n) is 3.71. The number of halogens is 12. The molecule has 2 heterocycles. The zero-order valence-electron chi connectivity index (χ0n) is 11.3. The maximum Gasteiger partial charge on any atom is 0.412 e. The smallest absolute Gasteiger partial charge is 0.354 e. The van der Waals surface area contributed by atoms with Gasteiger partial charge in [0.05, 0.1) is 0 Å². The third-order valence-corrected chi connectivity index (χ3v) is 6.85. The number of hydrogen-bond acceptors (Lipinski definition) is 3. The number of rotatable bonds is 2. The van der Waals surface area contributed by atoms with E-state index < -0.39 is 81.4 Å². The van der Waals surface area contributed by atoms with Gasteiger partial charge >= 0.3 is 24.7 Å². The van der Waals surface area contributed by atoms with Crippen LogP contribution in [0.2, 0.25) is 0 Å². The van der Waals surface area contributed by atoms with E-state index in [0.717, 1.165) is 0 Å². The van der Waals surface area contributed by atoms with E-state index in [1.54, 1.807) is 0 Å². The predicted octanol–water partition coefficient (Wildman–Crippen LogP) is 5.66. The summed E-state index contributed by atoms with van der Waals surface area (Å²) < 4.78 is 147. The van der Waals surface area contributed by atoms with E-state index in [1.807, 2.05) is 0 Å². The van der Waals surface area contributed by atoms with Crippen LogP contribution in [-0.2, 0) is 4.74 Å². The predicted molar refractivity (Wildman–Crippen MR) is 62.8 cm³/mol. The Morgan fingerprint density at radius 3 is 0.920 bits per heavy atom. The minimum atomic E-state index is -5.69. The number of hydrogen-bond donors (Lipinski definition) is 0. The van der Waals surface area contributed by atoms with Crippen molar-refractivity contribution in [3.63, 3.8) is 0 Å². The Balaban J connectivity index is 2.00. The zero-order valence-corrected chi connectivity index (χ0v) is 13.0. The average molecular weight is 434 g/mol. The van der Waals surface area contributed by atoms with Gasteiger partial charge in [0.2, 0.25) is 9.49 Å². The molecular formula is C10H6F12OS2. The Hall–Kier alpha value is -0.180. The summed E-state index contributed by atoms with van der Waals surface area (Å²) in [6, 6.07) is 0. The van der Waals surface area contributed by atoms with Gasteiger partial charge in [-0.05, 0) is 0 Å². The van der Waals surface area contributed by atoms with E-state index in [1.165, 1.54) is 0 Å². The van der Waals surface area contributed by atoms with Crippen LogP contribution in [-0.4, -0.2) is 45.1 Å². The molecular weight excluding hydrogens is 428 g/mol. The van der Waals surface area contributed by atoms with Crippen LogP contribution < -0.4 is 0 Å². The number of alkyl halides is 12. The molecule has 148 valence electrons. The molecule has 0 aromatic rings. The first-order valence-corrected chi connectivity index (χ1v) is 7.90. The van der Waals surface area contributed by atoms with E-state index in [-0.39, 0.29) is 0 Å². The Morgan fingerprint density at radius 1 is 0.560 bits per heavy atom. The van der Waals surface area contributed by atoms with E-state index in [0.29, 0.717) is 0 Å². The summed E-state index contributed by atoms with van der Waals surface area (Å²) in [7, 11) is 0. The van der Waals surface area contributed by atoms with E-state index >= 15 is 0 Å². The highest BCUT2D eigenvalue weighted by Crippen LogP contribution is 2.67. The molecule has 0 radical (unpaired) electrons. The molecule has 2 saturated heterocycles. The molecule has 0 aliphatic carbocycles. The van der Waals surface area contributed by atoms with Crippen molar-refractivity contribution < 1.29 is 57.4 Å². The van der Waals surface area contributed by atoms with Crippen LogP contribution in [0.3, 0.4) is 0 Å². The fourth-order valence-electron chi connectivity index (χ4n) is 2.27. The first-order valence-electron chi connectivity index (χ1n) is 6.14. The second-order valence-electron chi connectivity index (χ2n) is 5.28. The molecule has 25 heavy (non-hydrogen) atoms. The summed E-state index contributed by atoms with van der Waals surface area (Å²) in [4.78, 5) is 0. The second-order valence-corrected chi connectivity index (χ2v) is 8.20. The van der Waals surface area contributed by atoms with Crippen LogP contribution in [0.25, 0.3) is 0 Å². The van der Waals surface area contributed by atoms with Crippen molar-refractivity contribution in [2.45, 2.75) is 57.9 Å². The molecule has 0 N–H and O–H groups in total. The highest BCUT2D eigenvalue weighted by Gasteiger charge is 2.80. The molecule has 2 rings (SSSR count). The summed E-state index contributed by atoms with van der Waals surface area (Å²) >= 11 is -1.44. The molecule has 0 aromatic carbocycles. The lowest BCUT2D eigenvalue weighted by molar-refractivity contribution is -0.283. The quantitative estimate of drug-likeness (QED) is 0.520. The van der Waals surface area contributed by atoms with Gasteiger partial charge in [-0.25, -0.2) is 0 Å². The van der Waals surface area contributed by atoms with Crippen LogP contribution in [0.15, 0.2) is 0 Å². The maximum absolute atomic E-state index is 12.6. The van der Waals surface area contributed by atoms with Gasteiger partial charge in [0.15, 0.2) is 0 Å². The highest BCUT2D eigenvalue weighted by atomic mass is 32.2. The lowest BCUT2D eigenvalue weighted by Gasteiger charge is -2.52. The Bertz CT molecular complexity index is 428. The normalized spacial score (nSPS) is 29.8. The van der Waals surface area contributed by atoms with Crippen molar-refractivity contribution in [3.05, 3.63) is 0 Å². The van der Waals surface area contributed by atoms with Crippen molar-refractivity contribution in [1.82, 2.24) is 0 Å². The molecule has 0 amide bonds. The number of thioether (sulfide) groups is 2. The minimum Gasteiger partial charge on any atom is -0.354 e. The van der Waals surface area contributed by atoms with Crippen LogP contribution in [0.4, 0.5) is 52.7 Å². The molecule has 2 atom stereocenters. The van der Waals surface area contributed by atoms with Gasteiger partial charge in [-0.1, -0.05) is 0 Å². The molecule has 2 aliphatic rings. The standard InChI is InChI=1S/C10H6F12OS2/c11-7(12,13)5(8(14,15)16)1-3(24-5)23-4-2-6(25-4,9(17,18)19)10(20,21)22/h3-4H,1-2H2. The van der Waals surface area contributed by atoms with Gasteiger partial charge in [-0.3, -0.25) is 0 Å². The highest BCUT2D eigenvalue weighted by molar-refractivity contribution is 8.03. The Kier molecular flexibility index (Phi) is 4.78. The van der Waals surface area contributed by atoms with Gasteiger partial charge in [0.1, 0.15) is 10.9 Å². The Morgan fingerprint density at radius 2 is 0.760 bits per heavy atom. The molecule has 2 aliphatic heterocycles. The van der Waals surface area contributed by atoms with Gasteiger partial charge < -0.3 is 4.74 Å². The van der Waals surface area contributed by atoms with Crippen molar-refractivity contribution in [1.29, 1.82) is 0 Å². The lowest BCUT2D eigenvalue weighted by Crippen LogP contribution is -2.65.